The molecule has 56 valence electrons. The van der Waals surface area contributed by atoms with Crippen LogP contribution in [0.25, 0.3) is 0 Å². The Morgan fingerprint density at radius 2 is 2.50 bits per heavy atom. The third-order valence-electron chi connectivity index (χ3n) is 1.23. The molecule has 0 bridgehead atoms. The van der Waals surface area contributed by atoms with Crippen LogP contribution in [0.2, 0.25) is 0 Å². The van der Waals surface area contributed by atoms with Gasteiger partial charge in [-0.2, -0.15) is 4.99 Å². The van der Waals surface area contributed by atoms with Crippen molar-refractivity contribution in [3.63, 3.8) is 0 Å². The summed E-state index contributed by atoms with van der Waals surface area (Å²) in [5, 5.41) is 11.7. The average Bonchev–Trinajstić information content (AvgIpc) is 2.13. The van der Waals surface area contributed by atoms with Crippen LogP contribution in [0, 0.1) is 10.1 Å². The van der Waals surface area contributed by atoms with E-state index < -0.39 is 10.7 Å². The second kappa shape index (κ2) is 1.91. The molecular weight excluding hydrogens is 136 g/mol. The van der Waals surface area contributed by atoms with Gasteiger partial charge in [-0.25, -0.2) is 0 Å². The second-order valence-electron chi connectivity index (χ2n) is 2.25. The van der Waals surface area contributed by atoms with Crippen LogP contribution in [0.5, 0.6) is 0 Å². The summed E-state index contributed by atoms with van der Waals surface area (Å²) < 4.78 is 0. The number of nitro groups is 1. The minimum Gasteiger partial charge on any atom is -0.294 e. The first-order chi connectivity index (χ1) is 4.54. The highest BCUT2D eigenvalue weighted by molar-refractivity contribution is 5.56. The molecule has 1 N–H and O–H groups in total. The Morgan fingerprint density at radius 1 is 1.90 bits per heavy atom. The first-order valence-electron chi connectivity index (χ1n) is 2.75. The predicted octanol–water partition coefficient (Wildman–Crippen LogP) is -0.585. The molecule has 1 aliphatic heterocycles. The van der Waals surface area contributed by atoms with E-state index in [1.165, 1.54) is 18.3 Å². The molecule has 0 fully saturated rings. The van der Waals surface area contributed by atoms with Gasteiger partial charge in [0.15, 0.2) is 0 Å². The van der Waals surface area contributed by atoms with Crippen LogP contribution >= 0.6 is 0 Å². The zero-order valence-electron chi connectivity index (χ0n) is 5.74. The van der Waals surface area contributed by atoms with Gasteiger partial charge in [-0.1, -0.05) is 0 Å². The summed E-state index contributed by atoms with van der Waals surface area (Å²) in [6.07, 6.45) is 1.38. The van der Waals surface area contributed by atoms with E-state index in [0.29, 0.717) is 0 Å². The van der Waals surface area contributed by atoms with E-state index >= 15 is 0 Å². The monoisotopic (exact) mass is 144 g/mol. The average molecular weight is 144 g/mol. The number of nitrogens with zero attached hydrogens (tertiary/aromatic N) is 3. The molecule has 6 heteroatoms. The summed E-state index contributed by atoms with van der Waals surface area (Å²) >= 11 is 0. The summed E-state index contributed by atoms with van der Waals surface area (Å²) in [7, 11) is 1.65. The van der Waals surface area contributed by atoms with Gasteiger partial charge in [0.1, 0.15) is 6.34 Å². The van der Waals surface area contributed by atoms with E-state index in [1.807, 2.05) is 0 Å². The molecule has 6 nitrogen and oxygen atoms in total. The Morgan fingerprint density at radius 3 is 2.70 bits per heavy atom. The molecule has 0 spiro atoms. The molecule has 0 unspecified atom stereocenters. The van der Waals surface area contributed by atoms with Crippen molar-refractivity contribution in [1.82, 2.24) is 10.4 Å². The molecule has 1 heterocycles. The van der Waals surface area contributed by atoms with Gasteiger partial charge in [-0.15, -0.1) is 5.43 Å². The Bertz CT molecular complexity index is 192. The molecule has 1 aliphatic rings. The van der Waals surface area contributed by atoms with E-state index in [4.69, 9.17) is 0 Å². The van der Waals surface area contributed by atoms with Crippen LogP contribution in [0.1, 0.15) is 6.92 Å². The lowest BCUT2D eigenvalue weighted by Gasteiger charge is -2.14. The summed E-state index contributed by atoms with van der Waals surface area (Å²) in [5.74, 6) is -1.37. The molecule has 1 atom stereocenters. The molecule has 0 aromatic rings. The topological polar surface area (TPSA) is 70.8 Å². The predicted molar refractivity (Wildman–Crippen MR) is 34.8 cm³/mol. The van der Waals surface area contributed by atoms with Crippen molar-refractivity contribution in [2.45, 2.75) is 12.7 Å². The van der Waals surface area contributed by atoms with Gasteiger partial charge in [-0.3, -0.25) is 15.1 Å². The molecular formula is C4H8N4O2. The molecule has 0 radical (unpaired) electrons. The van der Waals surface area contributed by atoms with Crippen molar-refractivity contribution < 1.29 is 4.92 Å². The van der Waals surface area contributed by atoms with Crippen LogP contribution in [0.4, 0.5) is 0 Å². The zero-order valence-corrected chi connectivity index (χ0v) is 5.74. The highest BCUT2D eigenvalue weighted by Gasteiger charge is 2.40. The number of hydrazine groups is 1. The summed E-state index contributed by atoms with van der Waals surface area (Å²) in [4.78, 5) is 13.4. The number of nitrogens with one attached hydrogen (secondary N) is 1. The van der Waals surface area contributed by atoms with Crippen molar-refractivity contribution in [2.24, 2.45) is 4.99 Å². The van der Waals surface area contributed by atoms with Gasteiger partial charge in [0.2, 0.25) is 0 Å². The first kappa shape index (κ1) is 6.94. The third-order valence-corrected chi connectivity index (χ3v) is 1.23. The first-order valence-corrected chi connectivity index (χ1v) is 2.75. The van der Waals surface area contributed by atoms with Crippen LogP contribution in [-0.2, 0) is 0 Å². The lowest BCUT2D eigenvalue weighted by molar-refractivity contribution is -0.573. The maximum Gasteiger partial charge on any atom is 0.386 e. The molecule has 0 amide bonds. The van der Waals surface area contributed by atoms with Gasteiger partial charge >= 0.3 is 5.79 Å². The summed E-state index contributed by atoms with van der Waals surface area (Å²) in [6, 6.07) is 0. The molecule has 0 saturated heterocycles. The van der Waals surface area contributed by atoms with E-state index in [-0.39, 0.29) is 0 Å². The van der Waals surface area contributed by atoms with Gasteiger partial charge < -0.3 is 0 Å². The number of rotatable bonds is 1. The Labute approximate surface area is 57.7 Å². The minimum atomic E-state index is -1.37. The van der Waals surface area contributed by atoms with E-state index in [2.05, 4.69) is 10.4 Å². The molecule has 0 aliphatic carbocycles. The molecule has 0 saturated carbocycles. The maximum absolute atomic E-state index is 10.3. The van der Waals surface area contributed by atoms with Crippen molar-refractivity contribution in [2.75, 3.05) is 7.05 Å². The van der Waals surface area contributed by atoms with E-state index in [9.17, 15) is 10.1 Å². The smallest absolute Gasteiger partial charge is 0.294 e. The van der Waals surface area contributed by atoms with Gasteiger partial charge in [-0.05, 0) is 0 Å². The fourth-order valence-corrected chi connectivity index (χ4v) is 0.679. The fourth-order valence-electron chi connectivity index (χ4n) is 0.679. The van der Waals surface area contributed by atoms with E-state index in [1.54, 1.807) is 7.05 Å². The lowest BCUT2D eigenvalue weighted by atomic mass is 10.5. The SMILES string of the molecule is CN1C=N[C@](C)([N+](=O)[O-])N1. The van der Waals surface area contributed by atoms with Crippen molar-refractivity contribution in [3.8, 4) is 0 Å². The Hall–Kier alpha value is -1.17. The van der Waals surface area contributed by atoms with Crippen molar-refractivity contribution >= 4 is 6.34 Å². The Kier molecular flexibility index (Phi) is 1.33. The Balaban J connectivity index is 2.75. The van der Waals surface area contributed by atoms with Crippen LogP contribution in [0.15, 0.2) is 4.99 Å². The molecule has 10 heavy (non-hydrogen) atoms. The van der Waals surface area contributed by atoms with Crippen LogP contribution < -0.4 is 5.43 Å². The molecule has 0 aromatic carbocycles. The van der Waals surface area contributed by atoms with E-state index in [0.717, 1.165) is 0 Å². The maximum atomic E-state index is 10.3. The van der Waals surface area contributed by atoms with Crippen LogP contribution in [-0.4, -0.2) is 29.1 Å². The third kappa shape index (κ3) is 0.926. The van der Waals surface area contributed by atoms with Crippen molar-refractivity contribution in [1.29, 1.82) is 0 Å². The second-order valence-corrected chi connectivity index (χ2v) is 2.25. The molecule has 1 rings (SSSR count). The van der Waals surface area contributed by atoms with Gasteiger partial charge in [0.05, 0.1) is 4.92 Å². The zero-order chi connectivity index (χ0) is 7.78. The minimum absolute atomic E-state index is 0.479. The number of hydrogen-bond donors (Lipinski definition) is 1. The fraction of sp³-hybridized carbons (Fsp3) is 0.750. The largest absolute Gasteiger partial charge is 0.386 e. The van der Waals surface area contributed by atoms with Crippen molar-refractivity contribution in [3.05, 3.63) is 10.1 Å². The summed E-state index contributed by atoms with van der Waals surface area (Å²) in [6.45, 7) is 1.40. The molecule has 0 aromatic heterocycles. The highest BCUT2D eigenvalue weighted by atomic mass is 16.6. The standard InChI is InChI=1S/C4H8N4O2/c1-4(8(9)10)5-3-7(2)6-4/h3,6H,1-2H3/t4-/m0/s1. The van der Waals surface area contributed by atoms with Crippen LogP contribution in [0.3, 0.4) is 0 Å². The normalized spacial score (nSPS) is 31.2. The van der Waals surface area contributed by atoms with Gasteiger partial charge in [0.25, 0.3) is 0 Å². The lowest BCUT2D eigenvalue weighted by Crippen LogP contribution is -2.48. The number of hydrogen-bond acceptors (Lipinski definition) is 5. The highest BCUT2D eigenvalue weighted by Crippen LogP contribution is 2.10. The quantitative estimate of drug-likeness (QED) is 0.394. The number of aliphatic imine (C=N–C) groups is 1. The van der Waals surface area contributed by atoms with Gasteiger partial charge in [0, 0.05) is 14.0 Å². The summed E-state index contributed by atoms with van der Waals surface area (Å²) in [5.41, 5.74) is 2.54.